The van der Waals surface area contributed by atoms with Crippen LogP contribution in [-0.4, -0.2) is 47.5 Å². The van der Waals surface area contributed by atoms with Gasteiger partial charge in [0.2, 0.25) is 0 Å². The van der Waals surface area contributed by atoms with E-state index in [1.54, 1.807) is 28.5 Å². The minimum atomic E-state index is -0.173. The molecule has 1 fully saturated rings. The van der Waals surface area contributed by atoms with Crippen molar-refractivity contribution in [2.75, 3.05) is 19.6 Å². The second-order valence-corrected chi connectivity index (χ2v) is 7.19. The zero-order chi connectivity index (χ0) is 17.6. The molecule has 3 amide bonds. The number of likely N-dealkylation sites (tertiary alicyclic amines) is 1. The molecule has 2 N–H and O–H groups in total. The molecule has 2 aromatic rings. The summed E-state index contributed by atoms with van der Waals surface area (Å²) in [6.45, 7) is 3.68. The first-order valence-corrected chi connectivity index (χ1v) is 9.28. The zero-order valence-corrected chi connectivity index (χ0v) is 15.0. The molecule has 1 aliphatic rings. The third-order valence-corrected chi connectivity index (χ3v) is 5.14. The molecule has 0 unspecified atom stereocenters. The molecule has 1 atom stereocenters. The van der Waals surface area contributed by atoms with E-state index >= 15 is 0 Å². The number of nitrogens with zero attached hydrogens (tertiary/aromatic N) is 2. The van der Waals surface area contributed by atoms with E-state index in [0.717, 1.165) is 18.5 Å². The van der Waals surface area contributed by atoms with Gasteiger partial charge in [0.25, 0.3) is 5.91 Å². The van der Waals surface area contributed by atoms with E-state index in [9.17, 15) is 9.59 Å². The Labute approximate surface area is 151 Å². The third-order valence-electron chi connectivity index (χ3n) is 4.21. The van der Waals surface area contributed by atoms with Crippen molar-refractivity contribution in [3.63, 3.8) is 0 Å². The van der Waals surface area contributed by atoms with Crippen LogP contribution in [-0.2, 0) is 6.42 Å². The smallest absolute Gasteiger partial charge is 0.315 e. The van der Waals surface area contributed by atoms with Gasteiger partial charge in [-0.25, -0.2) is 4.79 Å². The lowest BCUT2D eigenvalue weighted by atomic mass is 10.2. The molecule has 1 aliphatic heterocycles. The largest absolute Gasteiger partial charge is 0.338 e. The molecule has 0 saturated carbocycles. The predicted molar refractivity (Wildman–Crippen MR) is 97.8 cm³/mol. The number of hydrogen-bond donors (Lipinski definition) is 2. The van der Waals surface area contributed by atoms with Crippen molar-refractivity contribution in [1.29, 1.82) is 0 Å². The first kappa shape index (κ1) is 17.4. The van der Waals surface area contributed by atoms with E-state index in [4.69, 9.17) is 0 Å². The Morgan fingerprint density at radius 2 is 2.24 bits per heavy atom. The Morgan fingerprint density at radius 3 is 2.96 bits per heavy atom. The number of rotatable bonds is 5. The fraction of sp³-hybridized carbons (Fsp3) is 0.389. The SMILES string of the molecule is Cc1ccc(C(=O)N2CC[C@@H](NC(=O)NCCc3cccs3)C2)cn1. The summed E-state index contributed by atoms with van der Waals surface area (Å²) < 4.78 is 0. The maximum absolute atomic E-state index is 12.5. The summed E-state index contributed by atoms with van der Waals surface area (Å²) in [7, 11) is 0. The number of aryl methyl sites for hydroxylation is 1. The molecule has 2 aromatic heterocycles. The van der Waals surface area contributed by atoms with Gasteiger partial charge in [-0.3, -0.25) is 9.78 Å². The summed E-state index contributed by atoms with van der Waals surface area (Å²) in [5, 5.41) is 7.85. The standard InChI is InChI=1S/C18H22N4O2S/c1-13-4-5-14(11-20-13)17(23)22-9-7-15(12-22)21-18(24)19-8-6-16-3-2-10-25-16/h2-5,10-11,15H,6-9,12H2,1H3,(H2,19,21,24)/t15-/m1/s1. The fourth-order valence-electron chi connectivity index (χ4n) is 2.83. The molecule has 1 saturated heterocycles. The summed E-state index contributed by atoms with van der Waals surface area (Å²) >= 11 is 1.69. The molecular weight excluding hydrogens is 336 g/mol. The highest BCUT2D eigenvalue weighted by Gasteiger charge is 2.28. The van der Waals surface area contributed by atoms with Crippen LogP contribution >= 0.6 is 11.3 Å². The van der Waals surface area contributed by atoms with E-state index in [0.29, 0.717) is 25.2 Å². The topological polar surface area (TPSA) is 74.3 Å². The number of aromatic nitrogens is 1. The van der Waals surface area contributed by atoms with E-state index in [-0.39, 0.29) is 18.0 Å². The number of pyridine rings is 1. The van der Waals surface area contributed by atoms with Gasteiger partial charge in [0.1, 0.15) is 0 Å². The molecule has 132 valence electrons. The fourth-order valence-corrected chi connectivity index (χ4v) is 3.54. The average Bonchev–Trinajstić information content (AvgIpc) is 3.27. The lowest BCUT2D eigenvalue weighted by Crippen LogP contribution is -2.44. The first-order valence-electron chi connectivity index (χ1n) is 8.40. The Bertz CT molecular complexity index is 715. The minimum absolute atomic E-state index is 0.0101. The van der Waals surface area contributed by atoms with Gasteiger partial charge in [0.15, 0.2) is 0 Å². The molecule has 0 aliphatic carbocycles. The van der Waals surface area contributed by atoms with Crippen LogP contribution in [0.25, 0.3) is 0 Å². The maximum atomic E-state index is 12.5. The second-order valence-electron chi connectivity index (χ2n) is 6.15. The number of carbonyl (C=O) groups excluding carboxylic acids is 2. The van der Waals surface area contributed by atoms with Crippen LogP contribution in [0.3, 0.4) is 0 Å². The summed E-state index contributed by atoms with van der Waals surface area (Å²) in [6, 6.07) is 7.51. The van der Waals surface area contributed by atoms with Gasteiger partial charge in [-0.05, 0) is 43.3 Å². The van der Waals surface area contributed by atoms with Crippen molar-refractivity contribution < 1.29 is 9.59 Å². The maximum Gasteiger partial charge on any atom is 0.315 e. The molecule has 3 rings (SSSR count). The van der Waals surface area contributed by atoms with Crippen molar-refractivity contribution in [3.8, 4) is 0 Å². The zero-order valence-electron chi connectivity index (χ0n) is 14.2. The molecule has 3 heterocycles. The lowest BCUT2D eigenvalue weighted by molar-refractivity contribution is 0.0789. The summed E-state index contributed by atoms with van der Waals surface area (Å²) in [5.41, 5.74) is 1.48. The van der Waals surface area contributed by atoms with Gasteiger partial charge in [0.05, 0.1) is 5.56 Å². The third kappa shape index (κ3) is 4.79. The number of hydrogen-bond acceptors (Lipinski definition) is 4. The van der Waals surface area contributed by atoms with Crippen LogP contribution in [0.15, 0.2) is 35.8 Å². The van der Waals surface area contributed by atoms with E-state index in [2.05, 4.69) is 21.7 Å². The average molecular weight is 358 g/mol. The van der Waals surface area contributed by atoms with Crippen molar-refractivity contribution >= 4 is 23.3 Å². The Morgan fingerprint density at radius 1 is 1.36 bits per heavy atom. The molecule has 0 radical (unpaired) electrons. The number of amides is 3. The second kappa shape index (κ2) is 8.11. The molecule has 0 spiro atoms. The van der Waals surface area contributed by atoms with Gasteiger partial charge in [-0.2, -0.15) is 0 Å². The van der Waals surface area contributed by atoms with Crippen LogP contribution in [0.4, 0.5) is 4.79 Å². The molecule has 6 nitrogen and oxygen atoms in total. The molecule has 25 heavy (non-hydrogen) atoms. The minimum Gasteiger partial charge on any atom is -0.338 e. The highest BCUT2D eigenvalue weighted by molar-refractivity contribution is 7.09. The number of carbonyl (C=O) groups is 2. The molecule has 0 bridgehead atoms. The predicted octanol–water partition coefficient (Wildman–Crippen LogP) is 2.21. The van der Waals surface area contributed by atoms with Crippen molar-refractivity contribution in [1.82, 2.24) is 20.5 Å². The molecule has 0 aromatic carbocycles. The van der Waals surface area contributed by atoms with Gasteiger partial charge in [-0.1, -0.05) is 6.07 Å². The Kier molecular flexibility index (Phi) is 5.65. The summed E-state index contributed by atoms with van der Waals surface area (Å²) in [4.78, 5) is 31.6. The van der Waals surface area contributed by atoms with E-state index in [1.807, 2.05) is 24.4 Å². The van der Waals surface area contributed by atoms with Gasteiger partial charge in [-0.15, -0.1) is 11.3 Å². The first-order chi connectivity index (χ1) is 12.1. The Hall–Kier alpha value is -2.41. The van der Waals surface area contributed by atoms with Crippen LogP contribution < -0.4 is 10.6 Å². The van der Waals surface area contributed by atoms with Crippen LogP contribution in [0, 0.1) is 6.92 Å². The summed E-state index contributed by atoms with van der Waals surface area (Å²) in [6.07, 6.45) is 3.21. The monoisotopic (exact) mass is 358 g/mol. The molecule has 7 heteroatoms. The normalized spacial score (nSPS) is 16.7. The van der Waals surface area contributed by atoms with Crippen LogP contribution in [0.1, 0.15) is 27.3 Å². The highest BCUT2D eigenvalue weighted by Crippen LogP contribution is 2.13. The highest BCUT2D eigenvalue weighted by atomic mass is 32.1. The van der Waals surface area contributed by atoms with Crippen LogP contribution in [0.5, 0.6) is 0 Å². The van der Waals surface area contributed by atoms with Crippen molar-refractivity contribution in [2.24, 2.45) is 0 Å². The lowest BCUT2D eigenvalue weighted by Gasteiger charge is -2.17. The number of nitrogens with one attached hydrogen (secondary N) is 2. The van der Waals surface area contributed by atoms with Gasteiger partial charge >= 0.3 is 6.03 Å². The number of thiophene rings is 1. The van der Waals surface area contributed by atoms with E-state index < -0.39 is 0 Å². The van der Waals surface area contributed by atoms with Gasteiger partial charge in [0, 0.05) is 42.4 Å². The molecular formula is C18H22N4O2S. The van der Waals surface area contributed by atoms with Crippen LogP contribution in [0.2, 0.25) is 0 Å². The van der Waals surface area contributed by atoms with Crippen molar-refractivity contribution in [2.45, 2.75) is 25.8 Å². The number of urea groups is 1. The van der Waals surface area contributed by atoms with E-state index in [1.165, 1.54) is 4.88 Å². The summed E-state index contributed by atoms with van der Waals surface area (Å²) in [5.74, 6) is -0.0325. The van der Waals surface area contributed by atoms with Crippen molar-refractivity contribution in [3.05, 3.63) is 52.0 Å². The van der Waals surface area contributed by atoms with Gasteiger partial charge < -0.3 is 15.5 Å². The Balaban J connectivity index is 1.42. The quantitative estimate of drug-likeness (QED) is 0.861.